The van der Waals surface area contributed by atoms with Crippen LogP contribution in [0.4, 0.5) is 5.13 Å². The second kappa shape index (κ2) is 7.02. The van der Waals surface area contributed by atoms with Crippen LogP contribution in [-0.4, -0.2) is 43.1 Å². The molecule has 2 N–H and O–H groups in total. The van der Waals surface area contributed by atoms with Crippen LogP contribution in [0.3, 0.4) is 0 Å². The molecule has 0 atom stereocenters. The van der Waals surface area contributed by atoms with E-state index in [-0.39, 0.29) is 5.91 Å². The molecule has 9 heteroatoms. The second-order valence-electron chi connectivity index (χ2n) is 5.31. The summed E-state index contributed by atoms with van der Waals surface area (Å²) in [4.78, 5) is 31.3. The molecule has 1 aliphatic heterocycles. The molecule has 0 aliphatic carbocycles. The predicted octanol–water partition coefficient (Wildman–Crippen LogP) is 1.26. The van der Waals surface area contributed by atoms with Gasteiger partial charge in [-0.25, -0.2) is 4.98 Å². The first kappa shape index (κ1) is 16.5. The van der Waals surface area contributed by atoms with Gasteiger partial charge in [-0.3, -0.25) is 20.4 Å². The van der Waals surface area contributed by atoms with E-state index < -0.39 is 5.91 Å². The fourth-order valence-corrected chi connectivity index (χ4v) is 3.35. The molecule has 0 aromatic carbocycles. The number of thiazole rings is 1. The molecule has 1 saturated heterocycles. The maximum atomic E-state index is 12.3. The number of hydrazine groups is 1. The molecular weight excluding hydrogens is 332 g/mol. The first-order chi connectivity index (χ1) is 11.6. The number of hydrogen-bond acceptors (Lipinski definition) is 7. The lowest BCUT2D eigenvalue weighted by Gasteiger charge is -2.25. The normalized spacial score (nSPS) is 14.5. The zero-order valence-corrected chi connectivity index (χ0v) is 14.2. The minimum Gasteiger partial charge on any atom is -0.469 e. The summed E-state index contributed by atoms with van der Waals surface area (Å²) in [5, 5.41) is 0.790. The van der Waals surface area contributed by atoms with Gasteiger partial charge in [0.25, 0.3) is 11.8 Å². The summed E-state index contributed by atoms with van der Waals surface area (Å²) >= 11 is 1.30. The van der Waals surface area contributed by atoms with Crippen molar-refractivity contribution in [2.75, 3.05) is 31.2 Å². The quantitative estimate of drug-likeness (QED) is 0.809. The predicted molar refractivity (Wildman–Crippen MR) is 88.3 cm³/mol. The molecule has 3 rings (SSSR count). The molecule has 1 aliphatic rings. The molecule has 0 bridgehead atoms. The van der Waals surface area contributed by atoms with Crippen molar-refractivity contribution in [1.29, 1.82) is 0 Å². The molecule has 0 saturated carbocycles. The van der Waals surface area contributed by atoms with Crippen molar-refractivity contribution in [3.05, 3.63) is 34.2 Å². The molecule has 0 unspecified atom stereocenters. The number of morpholine rings is 1. The highest BCUT2D eigenvalue weighted by molar-refractivity contribution is 7.17. The number of aryl methyl sites for hydroxylation is 2. The summed E-state index contributed by atoms with van der Waals surface area (Å²) in [6.07, 6.45) is 1.42. The Morgan fingerprint density at radius 2 is 1.92 bits per heavy atom. The van der Waals surface area contributed by atoms with E-state index in [0.717, 1.165) is 18.2 Å². The van der Waals surface area contributed by atoms with Gasteiger partial charge in [-0.1, -0.05) is 11.3 Å². The van der Waals surface area contributed by atoms with Crippen LogP contribution in [-0.2, 0) is 4.74 Å². The van der Waals surface area contributed by atoms with Gasteiger partial charge in [-0.2, -0.15) is 0 Å². The SMILES string of the molecule is Cc1nc(N2CCOCC2)sc1C(=O)NNC(=O)c1ccoc1C. The van der Waals surface area contributed by atoms with E-state index in [1.165, 1.54) is 17.6 Å². The van der Waals surface area contributed by atoms with Gasteiger partial charge in [-0.05, 0) is 19.9 Å². The van der Waals surface area contributed by atoms with Gasteiger partial charge in [0.2, 0.25) is 0 Å². The second-order valence-corrected chi connectivity index (χ2v) is 6.29. The molecule has 0 spiro atoms. The van der Waals surface area contributed by atoms with Crippen molar-refractivity contribution in [3.8, 4) is 0 Å². The molecule has 24 heavy (non-hydrogen) atoms. The molecular formula is C15H18N4O4S. The fourth-order valence-electron chi connectivity index (χ4n) is 2.34. The van der Waals surface area contributed by atoms with Crippen molar-refractivity contribution in [2.45, 2.75) is 13.8 Å². The molecule has 2 amide bonds. The number of nitrogens with one attached hydrogen (secondary N) is 2. The maximum Gasteiger partial charge on any atom is 0.281 e. The Balaban J connectivity index is 1.63. The van der Waals surface area contributed by atoms with Gasteiger partial charge >= 0.3 is 0 Å². The number of carbonyl (C=O) groups excluding carboxylic acids is 2. The molecule has 2 aromatic rings. The van der Waals surface area contributed by atoms with Crippen LogP contribution in [0, 0.1) is 13.8 Å². The molecule has 1 fully saturated rings. The summed E-state index contributed by atoms with van der Waals surface area (Å²) in [6, 6.07) is 1.55. The van der Waals surface area contributed by atoms with Crippen molar-refractivity contribution < 1.29 is 18.7 Å². The Hall–Kier alpha value is -2.39. The highest BCUT2D eigenvalue weighted by Gasteiger charge is 2.21. The number of rotatable bonds is 3. The Kier molecular flexibility index (Phi) is 4.81. The lowest BCUT2D eigenvalue weighted by atomic mass is 10.2. The van der Waals surface area contributed by atoms with Gasteiger partial charge < -0.3 is 14.1 Å². The highest BCUT2D eigenvalue weighted by Crippen LogP contribution is 2.26. The van der Waals surface area contributed by atoms with Crippen LogP contribution in [0.1, 0.15) is 31.5 Å². The Bertz CT molecular complexity index is 748. The van der Waals surface area contributed by atoms with Crippen LogP contribution in [0.5, 0.6) is 0 Å². The van der Waals surface area contributed by atoms with Crippen LogP contribution in [0.2, 0.25) is 0 Å². The minimum absolute atomic E-state index is 0.380. The molecule has 3 heterocycles. The molecule has 8 nitrogen and oxygen atoms in total. The number of nitrogens with zero attached hydrogens (tertiary/aromatic N) is 2. The summed E-state index contributed by atoms with van der Waals surface area (Å²) in [5.41, 5.74) is 5.82. The fraction of sp³-hybridized carbons (Fsp3) is 0.400. The van der Waals surface area contributed by atoms with Gasteiger partial charge in [0.1, 0.15) is 10.6 Å². The molecule has 0 radical (unpaired) electrons. The monoisotopic (exact) mass is 350 g/mol. The average molecular weight is 350 g/mol. The van der Waals surface area contributed by atoms with E-state index >= 15 is 0 Å². The lowest BCUT2D eigenvalue weighted by molar-refractivity contribution is 0.0847. The summed E-state index contributed by atoms with van der Waals surface area (Å²) < 4.78 is 10.4. The third-order valence-electron chi connectivity index (χ3n) is 3.67. The smallest absolute Gasteiger partial charge is 0.281 e. The third-order valence-corrected chi connectivity index (χ3v) is 4.88. The van der Waals surface area contributed by atoms with Crippen molar-refractivity contribution in [3.63, 3.8) is 0 Å². The van der Waals surface area contributed by atoms with Gasteiger partial charge in [0.15, 0.2) is 5.13 Å². The number of amides is 2. The van der Waals surface area contributed by atoms with E-state index in [4.69, 9.17) is 9.15 Å². The van der Waals surface area contributed by atoms with Crippen LogP contribution in [0.15, 0.2) is 16.7 Å². The molecule has 2 aromatic heterocycles. The van der Waals surface area contributed by atoms with Crippen molar-refractivity contribution >= 4 is 28.3 Å². The summed E-state index contributed by atoms with van der Waals surface area (Å²) in [7, 11) is 0. The van der Waals surface area contributed by atoms with Crippen molar-refractivity contribution in [1.82, 2.24) is 15.8 Å². The zero-order chi connectivity index (χ0) is 17.1. The average Bonchev–Trinajstić information content (AvgIpc) is 3.19. The number of anilines is 1. The van der Waals surface area contributed by atoms with Crippen LogP contribution >= 0.6 is 11.3 Å². The van der Waals surface area contributed by atoms with Crippen molar-refractivity contribution in [2.24, 2.45) is 0 Å². The summed E-state index contributed by atoms with van der Waals surface area (Å²) in [5.74, 6) is -0.325. The van der Waals surface area contributed by atoms with Crippen LogP contribution < -0.4 is 15.8 Å². The Labute approximate surface area is 142 Å². The largest absolute Gasteiger partial charge is 0.469 e. The number of carbonyl (C=O) groups is 2. The van der Waals surface area contributed by atoms with E-state index in [1.54, 1.807) is 19.9 Å². The van der Waals surface area contributed by atoms with Gasteiger partial charge in [-0.15, -0.1) is 0 Å². The first-order valence-electron chi connectivity index (χ1n) is 7.51. The molecule has 128 valence electrons. The van der Waals surface area contributed by atoms with E-state index in [2.05, 4.69) is 20.7 Å². The number of furan rings is 1. The van der Waals surface area contributed by atoms with E-state index in [1.807, 2.05) is 0 Å². The van der Waals surface area contributed by atoms with E-state index in [0.29, 0.717) is 35.1 Å². The minimum atomic E-state index is -0.426. The van der Waals surface area contributed by atoms with Gasteiger partial charge in [0.05, 0.1) is 30.7 Å². The maximum absolute atomic E-state index is 12.3. The first-order valence-corrected chi connectivity index (χ1v) is 8.33. The van der Waals surface area contributed by atoms with Gasteiger partial charge in [0, 0.05) is 13.1 Å². The summed E-state index contributed by atoms with van der Waals surface area (Å²) in [6.45, 7) is 6.27. The van der Waals surface area contributed by atoms with Crippen LogP contribution in [0.25, 0.3) is 0 Å². The number of aromatic nitrogens is 1. The Morgan fingerprint density at radius 3 is 2.58 bits per heavy atom. The topological polar surface area (TPSA) is 96.7 Å². The Morgan fingerprint density at radius 1 is 1.21 bits per heavy atom. The van der Waals surface area contributed by atoms with E-state index in [9.17, 15) is 9.59 Å². The third kappa shape index (κ3) is 3.41. The number of ether oxygens (including phenoxy) is 1. The standard InChI is InChI=1S/C15H18N4O4S/c1-9-12(24-15(16-9)19-4-7-22-8-5-19)14(21)18-17-13(20)11-3-6-23-10(11)2/h3,6H,4-5,7-8H2,1-2H3,(H,17,20)(H,18,21). The number of hydrogen-bond donors (Lipinski definition) is 2. The zero-order valence-electron chi connectivity index (χ0n) is 13.4. The highest BCUT2D eigenvalue weighted by atomic mass is 32.1. The lowest BCUT2D eigenvalue weighted by Crippen LogP contribution is -2.41.